The molecule has 0 aromatic carbocycles. The maximum absolute atomic E-state index is 3.86. The van der Waals surface area contributed by atoms with E-state index in [1.807, 2.05) is 0 Å². The third kappa shape index (κ3) is 4.96. The minimum Gasteiger partial charge on any atom is -0.312 e. The van der Waals surface area contributed by atoms with E-state index in [0.29, 0.717) is 0 Å². The molecule has 1 aliphatic carbocycles. The van der Waals surface area contributed by atoms with E-state index < -0.39 is 0 Å². The second kappa shape index (κ2) is 9.15. The second-order valence-corrected chi connectivity index (χ2v) is 7.48. The molecule has 0 aromatic heterocycles. The van der Waals surface area contributed by atoms with Crippen molar-refractivity contribution in [1.29, 1.82) is 0 Å². The van der Waals surface area contributed by atoms with Gasteiger partial charge >= 0.3 is 0 Å². The van der Waals surface area contributed by atoms with Gasteiger partial charge in [-0.15, -0.1) is 0 Å². The molecule has 1 aliphatic heterocycles. The Morgan fingerprint density at radius 1 is 0.905 bits per heavy atom. The SMILES string of the molecule is CCCNC1CCC(CCC)CC1N1CCC(CC)CC1. The summed E-state index contributed by atoms with van der Waals surface area (Å²) in [6, 6.07) is 1.58. The Hall–Kier alpha value is -0.0800. The van der Waals surface area contributed by atoms with E-state index in [9.17, 15) is 0 Å². The van der Waals surface area contributed by atoms with Crippen molar-refractivity contribution >= 4 is 0 Å². The zero-order valence-corrected chi connectivity index (χ0v) is 14.7. The van der Waals surface area contributed by atoms with E-state index in [1.165, 1.54) is 77.4 Å². The third-order valence-electron chi connectivity index (χ3n) is 5.97. The maximum atomic E-state index is 3.86. The second-order valence-electron chi connectivity index (χ2n) is 7.48. The molecule has 0 aromatic rings. The topological polar surface area (TPSA) is 15.3 Å². The van der Waals surface area contributed by atoms with E-state index in [4.69, 9.17) is 0 Å². The largest absolute Gasteiger partial charge is 0.312 e. The van der Waals surface area contributed by atoms with Crippen molar-refractivity contribution in [2.24, 2.45) is 11.8 Å². The van der Waals surface area contributed by atoms with Gasteiger partial charge in [-0.2, -0.15) is 0 Å². The summed E-state index contributed by atoms with van der Waals surface area (Å²) in [7, 11) is 0. The molecule has 0 amide bonds. The van der Waals surface area contributed by atoms with Gasteiger partial charge in [0, 0.05) is 12.1 Å². The van der Waals surface area contributed by atoms with Crippen molar-refractivity contribution in [2.45, 2.75) is 90.6 Å². The highest BCUT2D eigenvalue weighted by Gasteiger charge is 2.35. The summed E-state index contributed by atoms with van der Waals surface area (Å²) in [4.78, 5) is 2.85. The molecular weight excluding hydrogens is 256 g/mol. The van der Waals surface area contributed by atoms with Crippen LogP contribution in [0.25, 0.3) is 0 Å². The van der Waals surface area contributed by atoms with Crippen LogP contribution >= 0.6 is 0 Å². The standard InChI is InChI=1S/C19H38N2/c1-4-7-17-8-9-18(20-12-5-2)19(15-17)21-13-10-16(6-3)11-14-21/h16-20H,4-15H2,1-3H3. The van der Waals surface area contributed by atoms with Gasteiger partial charge in [0.15, 0.2) is 0 Å². The summed E-state index contributed by atoms with van der Waals surface area (Å²) < 4.78 is 0. The number of nitrogens with zero attached hydrogens (tertiary/aromatic N) is 1. The molecule has 0 bridgehead atoms. The first-order valence-corrected chi connectivity index (χ1v) is 9.75. The van der Waals surface area contributed by atoms with Gasteiger partial charge < -0.3 is 5.32 Å². The summed E-state index contributed by atoms with van der Waals surface area (Å²) in [5, 5.41) is 3.86. The van der Waals surface area contributed by atoms with Gasteiger partial charge in [0.25, 0.3) is 0 Å². The molecule has 1 N–H and O–H groups in total. The smallest absolute Gasteiger partial charge is 0.0251 e. The van der Waals surface area contributed by atoms with Gasteiger partial charge in [0.2, 0.25) is 0 Å². The maximum Gasteiger partial charge on any atom is 0.0251 e. The Kier molecular flexibility index (Phi) is 7.53. The van der Waals surface area contributed by atoms with Crippen molar-refractivity contribution in [3.05, 3.63) is 0 Å². The van der Waals surface area contributed by atoms with Crippen LogP contribution in [0.2, 0.25) is 0 Å². The van der Waals surface area contributed by atoms with Crippen LogP contribution in [0.4, 0.5) is 0 Å². The number of piperidine rings is 1. The first-order chi connectivity index (χ1) is 10.3. The Bertz CT molecular complexity index is 271. The number of nitrogens with one attached hydrogen (secondary N) is 1. The molecule has 2 fully saturated rings. The fraction of sp³-hybridized carbons (Fsp3) is 1.00. The molecule has 2 nitrogen and oxygen atoms in total. The molecule has 2 aliphatic rings. The van der Waals surface area contributed by atoms with Gasteiger partial charge in [-0.05, 0) is 70.0 Å². The minimum atomic E-state index is 0.760. The highest BCUT2D eigenvalue weighted by molar-refractivity contribution is 4.92. The monoisotopic (exact) mass is 294 g/mol. The summed E-state index contributed by atoms with van der Waals surface area (Å²) in [5.74, 6) is 1.99. The number of rotatable bonds is 7. The van der Waals surface area contributed by atoms with Gasteiger partial charge in [0.1, 0.15) is 0 Å². The number of likely N-dealkylation sites (tertiary alicyclic amines) is 1. The molecule has 0 radical (unpaired) electrons. The highest BCUT2D eigenvalue weighted by Crippen LogP contribution is 2.33. The Morgan fingerprint density at radius 3 is 2.29 bits per heavy atom. The van der Waals surface area contributed by atoms with Crippen LogP contribution in [0.15, 0.2) is 0 Å². The van der Waals surface area contributed by atoms with Crippen LogP contribution < -0.4 is 5.32 Å². The fourth-order valence-electron chi connectivity index (χ4n) is 4.57. The van der Waals surface area contributed by atoms with Crippen molar-refractivity contribution in [1.82, 2.24) is 10.2 Å². The normalized spacial score (nSPS) is 32.4. The summed E-state index contributed by atoms with van der Waals surface area (Å²) in [6.45, 7) is 10.9. The molecule has 0 spiro atoms. The zero-order valence-electron chi connectivity index (χ0n) is 14.7. The van der Waals surface area contributed by atoms with Crippen LogP contribution in [0.5, 0.6) is 0 Å². The van der Waals surface area contributed by atoms with Crippen LogP contribution in [0, 0.1) is 11.8 Å². The van der Waals surface area contributed by atoms with E-state index >= 15 is 0 Å². The Balaban J connectivity index is 1.92. The van der Waals surface area contributed by atoms with Crippen LogP contribution in [-0.2, 0) is 0 Å². The molecular formula is C19H38N2. The lowest BCUT2D eigenvalue weighted by Gasteiger charge is -2.45. The molecule has 2 heteroatoms. The van der Waals surface area contributed by atoms with Crippen molar-refractivity contribution in [2.75, 3.05) is 19.6 Å². The quantitative estimate of drug-likeness (QED) is 0.746. The lowest BCUT2D eigenvalue weighted by molar-refractivity contribution is 0.0625. The lowest BCUT2D eigenvalue weighted by Crippen LogP contribution is -2.55. The predicted octanol–water partition coefficient (Wildman–Crippen LogP) is 4.45. The van der Waals surface area contributed by atoms with Crippen molar-refractivity contribution in [3.8, 4) is 0 Å². The fourth-order valence-corrected chi connectivity index (χ4v) is 4.57. The predicted molar refractivity (Wildman–Crippen MR) is 92.7 cm³/mol. The molecule has 3 atom stereocenters. The van der Waals surface area contributed by atoms with E-state index in [1.54, 1.807) is 0 Å². The molecule has 1 heterocycles. The van der Waals surface area contributed by atoms with E-state index in [2.05, 4.69) is 31.0 Å². The van der Waals surface area contributed by atoms with Crippen molar-refractivity contribution in [3.63, 3.8) is 0 Å². The molecule has 1 saturated heterocycles. The highest BCUT2D eigenvalue weighted by atomic mass is 15.2. The molecule has 1 saturated carbocycles. The van der Waals surface area contributed by atoms with Crippen LogP contribution in [-0.4, -0.2) is 36.6 Å². The van der Waals surface area contributed by atoms with Gasteiger partial charge in [0.05, 0.1) is 0 Å². The molecule has 21 heavy (non-hydrogen) atoms. The molecule has 3 unspecified atom stereocenters. The first kappa shape index (κ1) is 17.3. The zero-order chi connectivity index (χ0) is 15.1. The minimum absolute atomic E-state index is 0.760. The lowest BCUT2D eigenvalue weighted by atomic mass is 9.78. The first-order valence-electron chi connectivity index (χ1n) is 9.75. The Labute approximate surface area is 133 Å². The third-order valence-corrected chi connectivity index (χ3v) is 5.97. The average molecular weight is 295 g/mol. The number of hydrogen-bond acceptors (Lipinski definition) is 2. The average Bonchev–Trinajstić information content (AvgIpc) is 2.54. The van der Waals surface area contributed by atoms with Crippen LogP contribution in [0.1, 0.15) is 78.6 Å². The van der Waals surface area contributed by atoms with Gasteiger partial charge in [-0.3, -0.25) is 4.90 Å². The van der Waals surface area contributed by atoms with E-state index in [-0.39, 0.29) is 0 Å². The Morgan fingerprint density at radius 2 is 1.67 bits per heavy atom. The number of hydrogen-bond donors (Lipinski definition) is 1. The summed E-state index contributed by atoms with van der Waals surface area (Å²) >= 11 is 0. The summed E-state index contributed by atoms with van der Waals surface area (Å²) in [5.41, 5.74) is 0. The van der Waals surface area contributed by atoms with Crippen molar-refractivity contribution < 1.29 is 0 Å². The molecule has 2 rings (SSSR count). The summed E-state index contributed by atoms with van der Waals surface area (Å²) in [6.07, 6.45) is 12.6. The van der Waals surface area contributed by atoms with Crippen LogP contribution in [0.3, 0.4) is 0 Å². The van der Waals surface area contributed by atoms with Gasteiger partial charge in [-0.25, -0.2) is 0 Å². The molecule has 124 valence electrons. The van der Waals surface area contributed by atoms with E-state index in [0.717, 1.165) is 23.9 Å². The van der Waals surface area contributed by atoms with Gasteiger partial charge in [-0.1, -0.05) is 40.0 Å².